The van der Waals surface area contributed by atoms with Gasteiger partial charge in [-0.15, -0.1) is 0 Å². The molecule has 5 nitrogen and oxygen atoms in total. The molecule has 0 saturated carbocycles. The molecule has 1 heterocycles. The van der Waals surface area contributed by atoms with Crippen LogP contribution in [0.25, 0.3) is 0 Å². The molecule has 0 bridgehead atoms. The zero-order chi connectivity index (χ0) is 15.2. The Kier molecular flexibility index (Phi) is 4.75. The Bertz CT molecular complexity index is 806. The van der Waals surface area contributed by atoms with Gasteiger partial charge in [0.2, 0.25) is 0 Å². The van der Waals surface area contributed by atoms with Crippen molar-refractivity contribution in [2.24, 2.45) is 0 Å². The zero-order valence-corrected chi connectivity index (χ0v) is 11.7. The molecule has 0 saturated heterocycles. The quantitative estimate of drug-likeness (QED) is 0.831. The summed E-state index contributed by atoms with van der Waals surface area (Å²) in [5.41, 5.74) is 0.792. The third kappa shape index (κ3) is 3.30. The maximum Gasteiger partial charge on any atom is 0.331 e. The van der Waals surface area contributed by atoms with Gasteiger partial charge in [0.1, 0.15) is 6.61 Å². The SMILES string of the molecule is CCn1ccc(=O)n(Cc2ccccc2C#CCO)c1=O. The molecule has 0 fully saturated rings. The Balaban J connectivity index is 2.49. The summed E-state index contributed by atoms with van der Waals surface area (Å²) in [6.07, 6.45) is 1.50. The van der Waals surface area contributed by atoms with E-state index in [2.05, 4.69) is 11.8 Å². The van der Waals surface area contributed by atoms with Crippen LogP contribution in [0.4, 0.5) is 0 Å². The minimum absolute atomic E-state index is 0.161. The zero-order valence-electron chi connectivity index (χ0n) is 11.7. The molecule has 5 heteroatoms. The Morgan fingerprint density at radius 3 is 2.67 bits per heavy atom. The number of aromatic nitrogens is 2. The van der Waals surface area contributed by atoms with E-state index < -0.39 is 0 Å². The number of aryl methyl sites for hydroxylation is 1. The topological polar surface area (TPSA) is 64.2 Å². The van der Waals surface area contributed by atoms with Crippen LogP contribution in [-0.2, 0) is 13.1 Å². The number of nitrogens with zero attached hydrogens (tertiary/aromatic N) is 2. The average molecular weight is 284 g/mol. The summed E-state index contributed by atoms with van der Waals surface area (Å²) in [6.45, 7) is 2.28. The summed E-state index contributed by atoms with van der Waals surface area (Å²) in [5, 5.41) is 8.78. The molecule has 2 rings (SSSR count). The molecule has 0 atom stereocenters. The largest absolute Gasteiger partial charge is 0.384 e. The fraction of sp³-hybridized carbons (Fsp3) is 0.250. The van der Waals surface area contributed by atoms with Crippen LogP contribution in [-0.4, -0.2) is 20.8 Å². The molecule has 0 aliphatic carbocycles. The summed E-state index contributed by atoms with van der Waals surface area (Å²) >= 11 is 0. The third-order valence-corrected chi connectivity index (χ3v) is 3.13. The predicted molar refractivity (Wildman–Crippen MR) is 80.1 cm³/mol. The van der Waals surface area contributed by atoms with Crippen molar-refractivity contribution in [2.45, 2.75) is 20.0 Å². The average Bonchev–Trinajstić information content (AvgIpc) is 2.50. The maximum absolute atomic E-state index is 12.2. The van der Waals surface area contributed by atoms with Gasteiger partial charge in [0.25, 0.3) is 5.56 Å². The van der Waals surface area contributed by atoms with Gasteiger partial charge in [-0.3, -0.25) is 9.36 Å². The molecule has 1 N–H and O–H groups in total. The smallest absolute Gasteiger partial charge is 0.331 e. The van der Waals surface area contributed by atoms with Crippen molar-refractivity contribution in [1.29, 1.82) is 0 Å². The summed E-state index contributed by atoms with van der Waals surface area (Å²) in [6, 6.07) is 8.64. The van der Waals surface area contributed by atoms with Crippen LogP contribution in [0.3, 0.4) is 0 Å². The van der Waals surface area contributed by atoms with E-state index in [4.69, 9.17) is 5.11 Å². The summed E-state index contributed by atoms with van der Waals surface area (Å²) < 4.78 is 2.66. The highest BCUT2D eigenvalue weighted by Crippen LogP contribution is 2.07. The molecule has 0 aliphatic heterocycles. The first-order chi connectivity index (χ1) is 10.2. The van der Waals surface area contributed by atoms with E-state index >= 15 is 0 Å². The lowest BCUT2D eigenvalue weighted by Gasteiger charge is -2.09. The van der Waals surface area contributed by atoms with Crippen LogP contribution in [0.1, 0.15) is 18.1 Å². The molecule has 2 aromatic rings. The number of rotatable bonds is 3. The molecular formula is C16H16N2O3. The molecule has 0 amide bonds. The van der Waals surface area contributed by atoms with Crippen LogP contribution in [0.5, 0.6) is 0 Å². The maximum atomic E-state index is 12.2. The van der Waals surface area contributed by atoms with Gasteiger partial charge in [0.05, 0.1) is 6.54 Å². The van der Waals surface area contributed by atoms with Crippen molar-refractivity contribution in [3.05, 3.63) is 68.5 Å². The van der Waals surface area contributed by atoms with Gasteiger partial charge in [-0.05, 0) is 18.6 Å². The standard InChI is InChI=1S/C16H16N2O3/c1-2-17-10-9-15(20)18(16(17)21)12-14-7-4-3-6-13(14)8-5-11-19/h3-4,6-7,9-10,19H,2,11-12H2,1H3. The number of benzene rings is 1. The van der Waals surface area contributed by atoms with Gasteiger partial charge in [0.15, 0.2) is 0 Å². The van der Waals surface area contributed by atoms with E-state index in [1.165, 1.54) is 21.4 Å². The second-order valence-corrected chi connectivity index (χ2v) is 4.43. The Morgan fingerprint density at radius 2 is 1.95 bits per heavy atom. The fourth-order valence-electron chi connectivity index (χ4n) is 2.03. The van der Waals surface area contributed by atoms with Crippen molar-refractivity contribution < 1.29 is 5.11 Å². The molecule has 0 aliphatic rings. The van der Waals surface area contributed by atoms with E-state index in [0.717, 1.165) is 5.56 Å². The highest BCUT2D eigenvalue weighted by Gasteiger charge is 2.07. The van der Waals surface area contributed by atoms with E-state index in [1.54, 1.807) is 6.07 Å². The first kappa shape index (κ1) is 14.8. The van der Waals surface area contributed by atoms with Crippen molar-refractivity contribution in [1.82, 2.24) is 9.13 Å². The first-order valence-corrected chi connectivity index (χ1v) is 6.65. The van der Waals surface area contributed by atoms with Gasteiger partial charge in [-0.2, -0.15) is 0 Å². The highest BCUT2D eigenvalue weighted by molar-refractivity contribution is 5.41. The molecular weight excluding hydrogens is 268 g/mol. The molecule has 1 aromatic carbocycles. The molecule has 21 heavy (non-hydrogen) atoms. The monoisotopic (exact) mass is 284 g/mol. The van der Waals surface area contributed by atoms with Crippen LogP contribution in [0.2, 0.25) is 0 Å². The number of aliphatic hydroxyl groups is 1. The van der Waals surface area contributed by atoms with Gasteiger partial charge < -0.3 is 9.67 Å². The fourth-order valence-corrected chi connectivity index (χ4v) is 2.03. The highest BCUT2D eigenvalue weighted by atomic mass is 16.2. The van der Waals surface area contributed by atoms with E-state index in [1.807, 2.05) is 25.1 Å². The lowest BCUT2D eigenvalue weighted by molar-refractivity contribution is 0.350. The van der Waals surface area contributed by atoms with Crippen molar-refractivity contribution in [3.63, 3.8) is 0 Å². The Hall–Kier alpha value is -2.58. The van der Waals surface area contributed by atoms with E-state index in [0.29, 0.717) is 12.1 Å². The van der Waals surface area contributed by atoms with Gasteiger partial charge in [0, 0.05) is 24.4 Å². The number of hydrogen-bond donors (Lipinski definition) is 1. The van der Waals surface area contributed by atoms with E-state index in [9.17, 15) is 9.59 Å². The molecule has 1 aromatic heterocycles. The molecule has 0 unspecified atom stereocenters. The second kappa shape index (κ2) is 6.73. The van der Waals surface area contributed by atoms with Crippen molar-refractivity contribution in [2.75, 3.05) is 6.61 Å². The van der Waals surface area contributed by atoms with Crippen molar-refractivity contribution >= 4 is 0 Å². The molecule has 0 radical (unpaired) electrons. The second-order valence-electron chi connectivity index (χ2n) is 4.43. The lowest BCUT2D eigenvalue weighted by Crippen LogP contribution is -2.39. The Labute approximate surface area is 122 Å². The van der Waals surface area contributed by atoms with Gasteiger partial charge in [-0.25, -0.2) is 4.79 Å². The van der Waals surface area contributed by atoms with E-state index in [-0.39, 0.29) is 24.4 Å². The molecule has 0 spiro atoms. The summed E-state index contributed by atoms with van der Waals surface area (Å²) in [5.74, 6) is 5.40. The third-order valence-electron chi connectivity index (χ3n) is 3.13. The van der Waals surface area contributed by atoms with Crippen LogP contribution in [0.15, 0.2) is 46.1 Å². The van der Waals surface area contributed by atoms with Crippen LogP contribution >= 0.6 is 0 Å². The molecule has 108 valence electrons. The minimum Gasteiger partial charge on any atom is -0.384 e. The summed E-state index contributed by atoms with van der Waals surface area (Å²) in [4.78, 5) is 24.1. The van der Waals surface area contributed by atoms with Crippen LogP contribution < -0.4 is 11.2 Å². The predicted octanol–water partition coefficient (Wildman–Crippen LogP) is 0.422. The van der Waals surface area contributed by atoms with Gasteiger partial charge in [-0.1, -0.05) is 30.0 Å². The Morgan fingerprint density at radius 1 is 1.19 bits per heavy atom. The van der Waals surface area contributed by atoms with Crippen LogP contribution in [0, 0.1) is 11.8 Å². The first-order valence-electron chi connectivity index (χ1n) is 6.65. The summed E-state index contributed by atoms with van der Waals surface area (Å²) in [7, 11) is 0. The van der Waals surface area contributed by atoms with Crippen molar-refractivity contribution in [3.8, 4) is 11.8 Å². The lowest BCUT2D eigenvalue weighted by atomic mass is 10.1. The number of hydrogen-bond acceptors (Lipinski definition) is 3. The normalized spacial score (nSPS) is 10.0. The minimum atomic E-state index is -0.338. The van der Waals surface area contributed by atoms with Gasteiger partial charge >= 0.3 is 5.69 Å². The number of aliphatic hydroxyl groups excluding tert-OH is 1.